The molecule has 0 aliphatic rings. The van der Waals surface area contributed by atoms with Gasteiger partial charge < -0.3 is 5.73 Å². The summed E-state index contributed by atoms with van der Waals surface area (Å²) in [6.07, 6.45) is 2.72. The number of nitrogen functional groups attached to an aromatic ring is 1. The molecule has 6 heteroatoms. The van der Waals surface area contributed by atoms with Gasteiger partial charge in [-0.2, -0.15) is 5.10 Å². The van der Waals surface area contributed by atoms with Gasteiger partial charge in [-0.25, -0.2) is 9.97 Å². The lowest BCUT2D eigenvalue weighted by Gasteiger charge is -2.07. The number of aryl methyl sites for hydroxylation is 1. The van der Waals surface area contributed by atoms with Crippen LogP contribution in [-0.4, -0.2) is 19.7 Å². The quantitative estimate of drug-likeness (QED) is 0.538. The maximum atomic E-state index is 6.04. The highest BCUT2D eigenvalue weighted by Crippen LogP contribution is 2.26. The van der Waals surface area contributed by atoms with Gasteiger partial charge in [0.25, 0.3) is 0 Å². The van der Waals surface area contributed by atoms with E-state index in [1.165, 1.54) is 16.7 Å². The summed E-state index contributed by atoms with van der Waals surface area (Å²) in [6, 6.07) is 20.5. The molecule has 0 atom stereocenters. The normalized spacial score (nSPS) is 10.9. The Balaban J connectivity index is 1.70. The molecule has 2 aromatic carbocycles. The molecule has 0 radical (unpaired) electrons. The zero-order chi connectivity index (χ0) is 18.8. The second-order valence-corrected chi connectivity index (χ2v) is 6.74. The van der Waals surface area contributed by atoms with Crippen LogP contribution in [0.15, 0.2) is 66.9 Å². The first-order valence-corrected chi connectivity index (χ1v) is 8.93. The summed E-state index contributed by atoms with van der Waals surface area (Å²) in [5.41, 5.74) is 11.8. The van der Waals surface area contributed by atoms with Gasteiger partial charge >= 0.3 is 0 Å². The van der Waals surface area contributed by atoms with E-state index in [1.807, 2.05) is 31.4 Å². The van der Waals surface area contributed by atoms with Crippen LogP contribution in [0.5, 0.6) is 0 Å². The van der Waals surface area contributed by atoms with E-state index in [0.29, 0.717) is 10.8 Å². The standard InChI is InChI=1S/C21H18ClN5/c1-27-13-17(20(26-27)18-12-19(22)25-21(23)24-18)11-14-6-5-9-16(10-14)15-7-3-2-4-8-15/h2-10,12-13H,11H2,1H3,(H2,23,24,25). The topological polar surface area (TPSA) is 69.6 Å². The van der Waals surface area contributed by atoms with Crippen LogP contribution in [0.3, 0.4) is 0 Å². The summed E-state index contributed by atoms with van der Waals surface area (Å²) in [4.78, 5) is 8.21. The van der Waals surface area contributed by atoms with Crippen molar-refractivity contribution < 1.29 is 0 Å². The van der Waals surface area contributed by atoms with E-state index in [2.05, 4.69) is 51.5 Å². The van der Waals surface area contributed by atoms with Gasteiger partial charge in [-0.3, -0.25) is 4.68 Å². The molecular formula is C21H18ClN5. The highest BCUT2D eigenvalue weighted by atomic mass is 35.5. The molecule has 134 valence electrons. The fraction of sp³-hybridized carbons (Fsp3) is 0.0952. The molecular weight excluding hydrogens is 358 g/mol. The van der Waals surface area contributed by atoms with Gasteiger partial charge in [-0.1, -0.05) is 66.2 Å². The Morgan fingerprint density at radius 2 is 1.74 bits per heavy atom. The lowest BCUT2D eigenvalue weighted by atomic mass is 9.99. The SMILES string of the molecule is Cn1cc(Cc2cccc(-c3ccccc3)c2)c(-c2cc(Cl)nc(N)n2)n1. The Kier molecular flexibility index (Phi) is 4.60. The van der Waals surface area contributed by atoms with Crippen LogP contribution in [0.1, 0.15) is 11.1 Å². The van der Waals surface area contributed by atoms with Gasteiger partial charge in [-0.15, -0.1) is 0 Å². The molecule has 4 rings (SSSR count). The molecule has 0 aliphatic carbocycles. The average Bonchev–Trinajstić information content (AvgIpc) is 3.02. The lowest BCUT2D eigenvalue weighted by molar-refractivity contribution is 0.769. The summed E-state index contributed by atoms with van der Waals surface area (Å²) in [7, 11) is 1.89. The van der Waals surface area contributed by atoms with Crippen molar-refractivity contribution in [2.24, 2.45) is 7.05 Å². The largest absolute Gasteiger partial charge is 0.368 e. The van der Waals surface area contributed by atoms with Crippen LogP contribution in [-0.2, 0) is 13.5 Å². The molecule has 27 heavy (non-hydrogen) atoms. The van der Waals surface area contributed by atoms with Gasteiger partial charge in [0.2, 0.25) is 5.95 Å². The van der Waals surface area contributed by atoms with Crippen molar-refractivity contribution in [2.75, 3.05) is 5.73 Å². The van der Waals surface area contributed by atoms with E-state index in [4.69, 9.17) is 17.3 Å². The number of benzene rings is 2. The summed E-state index contributed by atoms with van der Waals surface area (Å²) >= 11 is 6.04. The highest BCUT2D eigenvalue weighted by Gasteiger charge is 2.14. The third kappa shape index (κ3) is 3.83. The number of aromatic nitrogens is 4. The zero-order valence-corrected chi connectivity index (χ0v) is 15.6. The van der Waals surface area contributed by atoms with Crippen molar-refractivity contribution in [3.05, 3.63) is 83.1 Å². The van der Waals surface area contributed by atoms with Crippen LogP contribution < -0.4 is 5.73 Å². The van der Waals surface area contributed by atoms with Crippen LogP contribution >= 0.6 is 11.6 Å². The minimum absolute atomic E-state index is 0.139. The molecule has 0 bridgehead atoms. The average molecular weight is 376 g/mol. The monoisotopic (exact) mass is 375 g/mol. The fourth-order valence-electron chi connectivity index (χ4n) is 3.15. The Morgan fingerprint density at radius 1 is 0.963 bits per heavy atom. The number of anilines is 1. The van der Waals surface area contributed by atoms with Gasteiger partial charge in [0, 0.05) is 31.3 Å². The Hall–Kier alpha value is -3.18. The predicted molar refractivity (Wildman–Crippen MR) is 108 cm³/mol. The van der Waals surface area contributed by atoms with Crippen LogP contribution in [0, 0.1) is 0 Å². The molecule has 0 amide bonds. The van der Waals surface area contributed by atoms with Crippen molar-refractivity contribution in [2.45, 2.75) is 6.42 Å². The molecule has 2 N–H and O–H groups in total. The molecule has 0 unspecified atom stereocenters. The lowest BCUT2D eigenvalue weighted by Crippen LogP contribution is -1.99. The molecule has 0 aliphatic heterocycles. The van der Waals surface area contributed by atoms with Crippen molar-refractivity contribution in [3.8, 4) is 22.5 Å². The summed E-state index contributed by atoms with van der Waals surface area (Å²) in [5.74, 6) is 0.139. The van der Waals surface area contributed by atoms with Gasteiger partial charge in [0.05, 0.1) is 5.69 Å². The number of halogens is 1. The Morgan fingerprint density at radius 3 is 2.52 bits per heavy atom. The smallest absolute Gasteiger partial charge is 0.222 e. The Bertz CT molecular complexity index is 1070. The van der Waals surface area contributed by atoms with Gasteiger partial charge in [-0.05, 0) is 16.7 Å². The first-order valence-electron chi connectivity index (χ1n) is 8.56. The summed E-state index contributed by atoms with van der Waals surface area (Å²) in [5, 5.41) is 4.86. The maximum absolute atomic E-state index is 6.04. The van der Waals surface area contributed by atoms with E-state index in [9.17, 15) is 0 Å². The fourth-order valence-corrected chi connectivity index (χ4v) is 3.34. The first kappa shape index (κ1) is 17.2. The molecule has 0 saturated carbocycles. The van der Waals surface area contributed by atoms with Crippen LogP contribution in [0.25, 0.3) is 22.5 Å². The summed E-state index contributed by atoms with van der Waals surface area (Å²) in [6.45, 7) is 0. The van der Waals surface area contributed by atoms with Crippen molar-refractivity contribution in [3.63, 3.8) is 0 Å². The number of nitrogens with zero attached hydrogens (tertiary/aromatic N) is 4. The Labute approximate surface area is 162 Å². The van der Waals surface area contributed by atoms with Crippen molar-refractivity contribution in [1.82, 2.24) is 19.7 Å². The number of nitrogens with two attached hydrogens (primary N) is 1. The van der Waals surface area contributed by atoms with Crippen molar-refractivity contribution in [1.29, 1.82) is 0 Å². The van der Waals surface area contributed by atoms with Gasteiger partial charge in [0.15, 0.2) is 0 Å². The second-order valence-electron chi connectivity index (χ2n) is 6.35. The van der Waals surface area contributed by atoms with Crippen LogP contribution in [0.4, 0.5) is 5.95 Å². The van der Waals surface area contributed by atoms with E-state index in [-0.39, 0.29) is 5.95 Å². The third-order valence-electron chi connectivity index (χ3n) is 4.29. The minimum atomic E-state index is 0.139. The first-order chi connectivity index (χ1) is 13.1. The van der Waals surface area contributed by atoms with E-state index in [1.54, 1.807) is 10.7 Å². The van der Waals surface area contributed by atoms with Gasteiger partial charge in [0.1, 0.15) is 10.8 Å². The molecule has 0 saturated heterocycles. The number of hydrogen-bond acceptors (Lipinski definition) is 4. The molecule has 0 spiro atoms. The number of hydrogen-bond donors (Lipinski definition) is 1. The van der Waals surface area contributed by atoms with Crippen LogP contribution in [0.2, 0.25) is 5.15 Å². The van der Waals surface area contributed by atoms with E-state index < -0.39 is 0 Å². The number of rotatable bonds is 4. The molecule has 2 aromatic heterocycles. The maximum Gasteiger partial charge on any atom is 0.222 e. The highest BCUT2D eigenvalue weighted by molar-refractivity contribution is 6.29. The molecule has 0 fully saturated rings. The molecule has 4 aromatic rings. The van der Waals surface area contributed by atoms with Crippen molar-refractivity contribution >= 4 is 17.5 Å². The minimum Gasteiger partial charge on any atom is -0.368 e. The third-order valence-corrected chi connectivity index (χ3v) is 4.48. The van der Waals surface area contributed by atoms with E-state index >= 15 is 0 Å². The van der Waals surface area contributed by atoms with E-state index in [0.717, 1.165) is 17.7 Å². The zero-order valence-electron chi connectivity index (χ0n) is 14.8. The summed E-state index contributed by atoms with van der Waals surface area (Å²) < 4.78 is 1.78. The second kappa shape index (κ2) is 7.21. The predicted octanol–water partition coefficient (Wildman–Crippen LogP) is 4.37. The molecule has 5 nitrogen and oxygen atoms in total. The molecule has 2 heterocycles.